The third kappa shape index (κ3) is 4.22. The average Bonchev–Trinajstić information content (AvgIpc) is 3.08. The number of halogens is 1. The van der Waals surface area contributed by atoms with Crippen molar-refractivity contribution in [3.8, 4) is 0 Å². The first-order chi connectivity index (χ1) is 8.58. The maximum atomic E-state index is 11.7. The lowest BCUT2D eigenvalue weighted by Crippen LogP contribution is -2.44. The van der Waals surface area contributed by atoms with Crippen LogP contribution in [0.25, 0.3) is 0 Å². The van der Waals surface area contributed by atoms with Gasteiger partial charge in [0.25, 0.3) is 0 Å². The first-order valence-corrected chi connectivity index (χ1v) is 5.97. The van der Waals surface area contributed by atoms with Gasteiger partial charge in [-0.1, -0.05) is 30.3 Å². The minimum Gasteiger partial charge on any atom is -0.370 e. The van der Waals surface area contributed by atoms with E-state index in [0.29, 0.717) is 5.92 Å². The van der Waals surface area contributed by atoms with Gasteiger partial charge in [-0.15, -0.1) is 12.4 Å². The number of hydrogen-bond donors (Lipinski definition) is 3. The van der Waals surface area contributed by atoms with Gasteiger partial charge in [-0.05, 0) is 12.0 Å². The Morgan fingerprint density at radius 2 is 1.95 bits per heavy atom. The molecule has 1 aromatic rings. The Kier molecular flexibility index (Phi) is 5.32. The summed E-state index contributed by atoms with van der Waals surface area (Å²) >= 11 is 0. The largest absolute Gasteiger partial charge is 0.370 e. The fraction of sp³-hybridized carbons (Fsp3) is 0.385. The van der Waals surface area contributed by atoms with E-state index in [1.165, 1.54) is 5.56 Å². The molecule has 104 valence electrons. The molecule has 0 heterocycles. The van der Waals surface area contributed by atoms with Crippen molar-refractivity contribution >= 4 is 24.2 Å². The molecule has 5 N–H and O–H groups in total. The molecule has 0 radical (unpaired) electrons. The molecule has 19 heavy (non-hydrogen) atoms. The van der Waals surface area contributed by atoms with E-state index >= 15 is 0 Å². The van der Waals surface area contributed by atoms with Crippen molar-refractivity contribution < 1.29 is 9.59 Å². The van der Waals surface area contributed by atoms with Crippen molar-refractivity contribution in [2.45, 2.75) is 30.8 Å². The van der Waals surface area contributed by atoms with Gasteiger partial charge in [-0.2, -0.15) is 0 Å². The van der Waals surface area contributed by atoms with E-state index in [1.807, 2.05) is 30.3 Å². The highest BCUT2D eigenvalue weighted by molar-refractivity contribution is 5.88. The normalized spacial score (nSPS) is 21.9. The Morgan fingerprint density at radius 1 is 1.32 bits per heavy atom. The standard InChI is InChI=1S/C13H17N3O2.ClH/c14-10(7-12(15)17)13(18)16-11-6-9(11)8-4-2-1-3-5-8;/h1-5,9-11H,6-7,14H2,(H2,15,17)(H,16,18);1H. The Hall–Kier alpha value is -1.59. The van der Waals surface area contributed by atoms with Crippen LogP contribution in [0.15, 0.2) is 30.3 Å². The molecule has 1 fully saturated rings. The predicted molar refractivity (Wildman–Crippen MR) is 74.8 cm³/mol. The highest BCUT2D eigenvalue weighted by Gasteiger charge is 2.40. The molecule has 3 unspecified atom stereocenters. The molecule has 0 bridgehead atoms. The van der Waals surface area contributed by atoms with E-state index in [9.17, 15) is 9.59 Å². The number of hydrogen-bond acceptors (Lipinski definition) is 3. The minimum absolute atomic E-state index is 0. The van der Waals surface area contributed by atoms with E-state index in [4.69, 9.17) is 11.5 Å². The zero-order valence-corrected chi connectivity index (χ0v) is 11.2. The number of nitrogens with one attached hydrogen (secondary N) is 1. The van der Waals surface area contributed by atoms with Crippen LogP contribution in [0.5, 0.6) is 0 Å². The molecule has 3 atom stereocenters. The van der Waals surface area contributed by atoms with Crippen LogP contribution in [0.4, 0.5) is 0 Å². The molecule has 0 spiro atoms. The summed E-state index contributed by atoms with van der Waals surface area (Å²) in [7, 11) is 0. The summed E-state index contributed by atoms with van der Waals surface area (Å²) in [5.41, 5.74) is 11.8. The van der Waals surface area contributed by atoms with Crippen LogP contribution >= 0.6 is 12.4 Å². The molecule has 0 saturated heterocycles. The smallest absolute Gasteiger partial charge is 0.237 e. The molecule has 1 saturated carbocycles. The van der Waals surface area contributed by atoms with Crippen LogP contribution in [0, 0.1) is 0 Å². The van der Waals surface area contributed by atoms with Crippen LogP contribution in [0.1, 0.15) is 24.3 Å². The zero-order chi connectivity index (χ0) is 13.1. The molecule has 2 rings (SSSR count). The van der Waals surface area contributed by atoms with Crippen molar-refractivity contribution in [3.05, 3.63) is 35.9 Å². The summed E-state index contributed by atoms with van der Waals surface area (Å²) in [6.45, 7) is 0. The number of carbonyl (C=O) groups excluding carboxylic acids is 2. The van der Waals surface area contributed by atoms with Crippen molar-refractivity contribution in [3.63, 3.8) is 0 Å². The van der Waals surface area contributed by atoms with Crippen LogP contribution in [-0.2, 0) is 9.59 Å². The SMILES string of the molecule is Cl.NC(=O)CC(N)C(=O)NC1CC1c1ccccc1. The summed E-state index contributed by atoms with van der Waals surface area (Å²) in [5.74, 6) is -0.513. The summed E-state index contributed by atoms with van der Waals surface area (Å²) in [4.78, 5) is 22.3. The lowest BCUT2D eigenvalue weighted by atomic mass is 10.1. The summed E-state index contributed by atoms with van der Waals surface area (Å²) in [6.07, 6.45) is 0.799. The molecule has 5 nitrogen and oxygen atoms in total. The second kappa shape index (κ2) is 6.54. The number of primary amides is 1. The van der Waals surface area contributed by atoms with Gasteiger partial charge in [0.1, 0.15) is 0 Å². The van der Waals surface area contributed by atoms with Gasteiger partial charge < -0.3 is 16.8 Å². The molecule has 0 aliphatic heterocycles. The monoisotopic (exact) mass is 283 g/mol. The van der Waals surface area contributed by atoms with E-state index < -0.39 is 11.9 Å². The quantitative estimate of drug-likeness (QED) is 0.724. The summed E-state index contributed by atoms with van der Waals surface area (Å²) in [6, 6.07) is 9.28. The van der Waals surface area contributed by atoms with Crippen LogP contribution in [0.2, 0.25) is 0 Å². The van der Waals surface area contributed by atoms with Crippen LogP contribution < -0.4 is 16.8 Å². The third-order valence-corrected chi connectivity index (χ3v) is 3.10. The Bertz CT molecular complexity index is 452. The maximum absolute atomic E-state index is 11.7. The van der Waals surface area contributed by atoms with E-state index in [1.54, 1.807) is 0 Å². The lowest BCUT2D eigenvalue weighted by Gasteiger charge is -2.10. The highest BCUT2D eigenvalue weighted by atomic mass is 35.5. The summed E-state index contributed by atoms with van der Waals surface area (Å²) < 4.78 is 0. The second-order valence-corrected chi connectivity index (χ2v) is 4.64. The van der Waals surface area contributed by atoms with Crippen molar-refractivity contribution in [2.75, 3.05) is 0 Å². The van der Waals surface area contributed by atoms with Crippen LogP contribution in [0.3, 0.4) is 0 Å². The molecule has 0 aromatic heterocycles. The molecule has 2 amide bonds. The predicted octanol–water partition coefficient (Wildman–Crippen LogP) is 0.283. The Balaban J connectivity index is 0.00000180. The highest BCUT2D eigenvalue weighted by Crippen LogP contribution is 2.40. The number of rotatable bonds is 5. The minimum atomic E-state index is -0.848. The lowest BCUT2D eigenvalue weighted by molar-refractivity contribution is -0.126. The topological polar surface area (TPSA) is 98.2 Å². The Morgan fingerprint density at radius 3 is 2.53 bits per heavy atom. The van der Waals surface area contributed by atoms with Gasteiger partial charge in [-0.3, -0.25) is 9.59 Å². The molecular weight excluding hydrogens is 266 g/mol. The zero-order valence-electron chi connectivity index (χ0n) is 10.4. The van der Waals surface area contributed by atoms with Gasteiger partial charge in [-0.25, -0.2) is 0 Å². The number of nitrogens with two attached hydrogens (primary N) is 2. The first-order valence-electron chi connectivity index (χ1n) is 5.97. The number of amides is 2. The van der Waals surface area contributed by atoms with Gasteiger partial charge in [0.2, 0.25) is 11.8 Å². The molecule has 1 aliphatic rings. The van der Waals surface area contributed by atoms with E-state index in [-0.39, 0.29) is 30.8 Å². The first kappa shape index (κ1) is 15.5. The third-order valence-electron chi connectivity index (χ3n) is 3.10. The fourth-order valence-electron chi connectivity index (χ4n) is 2.02. The molecule has 1 aliphatic carbocycles. The van der Waals surface area contributed by atoms with Gasteiger partial charge in [0, 0.05) is 12.0 Å². The summed E-state index contributed by atoms with van der Waals surface area (Å²) in [5, 5.41) is 2.84. The van der Waals surface area contributed by atoms with Crippen LogP contribution in [-0.4, -0.2) is 23.9 Å². The molecular formula is C13H18ClN3O2. The second-order valence-electron chi connectivity index (χ2n) is 4.64. The van der Waals surface area contributed by atoms with Gasteiger partial charge >= 0.3 is 0 Å². The Labute approximate surface area is 118 Å². The van der Waals surface area contributed by atoms with Gasteiger partial charge in [0.15, 0.2) is 0 Å². The van der Waals surface area contributed by atoms with E-state index in [0.717, 1.165) is 6.42 Å². The fourth-order valence-corrected chi connectivity index (χ4v) is 2.02. The number of benzene rings is 1. The van der Waals surface area contributed by atoms with Crippen molar-refractivity contribution in [2.24, 2.45) is 11.5 Å². The van der Waals surface area contributed by atoms with Crippen molar-refractivity contribution in [1.29, 1.82) is 0 Å². The van der Waals surface area contributed by atoms with Gasteiger partial charge in [0.05, 0.1) is 12.5 Å². The van der Waals surface area contributed by atoms with Crippen molar-refractivity contribution in [1.82, 2.24) is 5.32 Å². The molecule has 1 aromatic carbocycles. The molecule has 6 heteroatoms. The van der Waals surface area contributed by atoms with E-state index in [2.05, 4.69) is 5.32 Å². The average molecular weight is 284 g/mol. The maximum Gasteiger partial charge on any atom is 0.237 e. The number of carbonyl (C=O) groups is 2.